The van der Waals surface area contributed by atoms with Crippen LogP contribution in [0.5, 0.6) is 0 Å². The monoisotopic (exact) mass is 219 g/mol. The molecule has 1 aliphatic carbocycles. The summed E-state index contributed by atoms with van der Waals surface area (Å²) in [5.74, 6) is -0.358. The highest BCUT2D eigenvalue weighted by molar-refractivity contribution is 5.83. The third-order valence-corrected chi connectivity index (χ3v) is 3.61. The first-order valence-corrected chi connectivity index (χ1v) is 5.76. The summed E-state index contributed by atoms with van der Waals surface area (Å²) in [6.07, 6.45) is 5.97. The zero-order chi connectivity index (χ0) is 11.8. The molecule has 3 nitrogen and oxygen atoms in total. The Bertz CT molecular complexity index is 408. The minimum absolute atomic E-state index is 0.342. The van der Waals surface area contributed by atoms with E-state index in [2.05, 4.69) is 18.8 Å². The normalized spacial score (nSPS) is 18.2. The number of carbonyl (C=O) groups is 1. The topological polar surface area (TPSA) is 50.2 Å². The first-order valence-electron chi connectivity index (χ1n) is 5.76. The molecule has 0 radical (unpaired) electrons. The summed E-state index contributed by atoms with van der Waals surface area (Å²) in [5.41, 5.74) is 1.38. The molecular weight excluding hydrogens is 202 g/mol. The SMILES string of the molecule is CC(C)c1ccncc1C1(C(=O)O)CCC1. The van der Waals surface area contributed by atoms with Crippen LogP contribution in [0.3, 0.4) is 0 Å². The summed E-state index contributed by atoms with van der Waals surface area (Å²) < 4.78 is 0. The zero-order valence-corrected chi connectivity index (χ0v) is 9.73. The van der Waals surface area contributed by atoms with Crippen molar-refractivity contribution in [2.24, 2.45) is 0 Å². The van der Waals surface area contributed by atoms with E-state index in [1.54, 1.807) is 12.4 Å². The van der Waals surface area contributed by atoms with E-state index in [0.29, 0.717) is 5.92 Å². The smallest absolute Gasteiger partial charge is 0.314 e. The van der Waals surface area contributed by atoms with E-state index < -0.39 is 11.4 Å². The molecular formula is C13H17NO2. The Hall–Kier alpha value is -1.38. The summed E-state index contributed by atoms with van der Waals surface area (Å²) >= 11 is 0. The summed E-state index contributed by atoms with van der Waals surface area (Å²) in [5, 5.41) is 9.42. The molecule has 1 saturated carbocycles. The molecule has 0 spiro atoms. The number of hydrogen-bond donors (Lipinski definition) is 1. The molecule has 0 saturated heterocycles. The Morgan fingerprint density at radius 3 is 2.62 bits per heavy atom. The molecule has 0 unspecified atom stereocenters. The van der Waals surface area contributed by atoms with Crippen molar-refractivity contribution in [2.75, 3.05) is 0 Å². The van der Waals surface area contributed by atoms with Gasteiger partial charge < -0.3 is 5.11 Å². The van der Waals surface area contributed by atoms with Crippen molar-refractivity contribution in [1.82, 2.24) is 4.98 Å². The number of rotatable bonds is 3. The van der Waals surface area contributed by atoms with Crippen LogP contribution < -0.4 is 0 Å². The highest BCUT2D eigenvalue weighted by atomic mass is 16.4. The van der Waals surface area contributed by atoms with Crippen molar-refractivity contribution < 1.29 is 9.90 Å². The molecule has 1 aromatic heterocycles. The van der Waals surface area contributed by atoms with Crippen molar-refractivity contribution in [3.05, 3.63) is 29.6 Å². The van der Waals surface area contributed by atoms with Crippen LogP contribution in [0.2, 0.25) is 0 Å². The third-order valence-electron chi connectivity index (χ3n) is 3.61. The first-order chi connectivity index (χ1) is 7.58. The van der Waals surface area contributed by atoms with Crippen molar-refractivity contribution in [2.45, 2.75) is 44.4 Å². The van der Waals surface area contributed by atoms with E-state index in [1.807, 2.05) is 6.07 Å². The molecule has 86 valence electrons. The lowest BCUT2D eigenvalue weighted by Gasteiger charge is -2.39. The molecule has 1 aliphatic rings. The maximum absolute atomic E-state index is 11.5. The van der Waals surface area contributed by atoms with E-state index in [1.165, 1.54) is 0 Å². The van der Waals surface area contributed by atoms with E-state index in [0.717, 1.165) is 30.4 Å². The minimum Gasteiger partial charge on any atom is -0.481 e. The highest BCUT2D eigenvalue weighted by Gasteiger charge is 2.47. The lowest BCUT2D eigenvalue weighted by molar-refractivity contribution is -0.147. The first kappa shape index (κ1) is 11.1. The Morgan fingerprint density at radius 1 is 1.50 bits per heavy atom. The molecule has 3 heteroatoms. The summed E-state index contributed by atoms with van der Waals surface area (Å²) in [4.78, 5) is 15.5. The number of carboxylic acids is 1. The summed E-state index contributed by atoms with van der Waals surface area (Å²) in [6, 6.07) is 1.95. The molecule has 1 heterocycles. The van der Waals surface area contributed by atoms with Gasteiger partial charge in [0.25, 0.3) is 0 Å². The van der Waals surface area contributed by atoms with Gasteiger partial charge in [0, 0.05) is 12.4 Å². The van der Waals surface area contributed by atoms with E-state index in [9.17, 15) is 9.90 Å². The molecule has 0 amide bonds. The van der Waals surface area contributed by atoms with Crippen molar-refractivity contribution in [1.29, 1.82) is 0 Å². The molecule has 0 atom stereocenters. The van der Waals surface area contributed by atoms with Gasteiger partial charge in [0.05, 0.1) is 5.41 Å². The van der Waals surface area contributed by atoms with Crippen LogP contribution in [0.1, 0.15) is 50.2 Å². The maximum Gasteiger partial charge on any atom is 0.314 e. The van der Waals surface area contributed by atoms with Crippen LogP contribution in [0.4, 0.5) is 0 Å². The van der Waals surface area contributed by atoms with Crippen LogP contribution in [-0.2, 0) is 10.2 Å². The minimum atomic E-state index is -0.700. The number of pyridine rings is 1. The molecule has 2 rings (SSSR count). The number of aromatic nitrogens is 1. The Labute approximate surface area is 95.5 Å². The summed E-state index contributed by atoms with van der Waals surface area (Å²) in [6.45, 7) is 4.18. The molecule has 1 aromatic rings. The van der Waals surface area contributed by atoms with Gasteiger partial charge in [-0.05, 0) is 36.0 Å². The highest BCUT2D eigenvalue weighted by Crippen LogP contribution is 2.46. The second-order valence-electron chi connectivity index (χ2n) is 4.86. The van der Waals surface area contributed by atoms with Crippen molar-refractivity contribution in [3.8, 4) is 0 Å². The van der Waals surface area contributed by atoms with Gasteiger partial charge in [0.1, 0.15) is 0 Å². The Kier molecular flexibility index (Phi) is 2.70. The van der Waals surface area contributed by atoms with Crippen LogP contribution in [0, 0.1) is 0 Å². The standard InChI is InChI=1S/C13H17NO2/c1-9(2)10-4-7-14-8-11(10)13(12(15)16)5-3-6-13/h4,7-9H,3,5-6H2,1-2H3,(H,15,16). The Balaban J connectivity index is 2.50. The quantitative estimate of drug-likeness (QED) is 0.850. The van der Waals surface area contributed by atoms with Gasteiger partial charge in [0.2, 0.25) is 0 Å². The molecule has 1 N–H and O–H groups in total. The van der Waals surface area contributed by atoms with Gasteiger partial charge in [-0.1, -0.05) is 20.3 Å². The van der Waals surface area contributed by atoms with E-state index in [-0.39, 0.29) is 0 Å². The summed E-state index contributed by atoms with van der Waals surface area (Å²) in [7, 11) is 0. The van der Waals surface area contributed by atoms with Crippen LogP contribution in [0.15, 0.2) is 18.5 Å². The van der Waals surface area contributed by atoms with Gasteiger partial charge in [-0.3, -0.25) is 9.78 Å². The fraction of sp³-hybridized carbons (Fsp3) is 0.538. The van der Waals surface area contributed by atoms with Crippen molar-refractivity contribution >= 4 is 5.97 Å². The second kappa shape index (κ2) is 3.89. The van der Waals surface area contributed by atoms with Crippen molar-refractivity contribution in [3.63, 3.8) is 0 Å². The number of nitrogens with zero attached hydrogens (tertiary/aromatic N) is 1. The average molecular weight is 219 g/mol. The Morgan fingerprint density at radius 2 is 2.19 bits per heavy atom. The fourth-order valence-electron chi connectivity index (χ4n) is 2.44. The van der Waals surface area contributed by atoms with Gasteiger partial charge in [-0.25, -0.2) is 0 Å². The molecule has 1 fully saturated rings. The largest absolute Gasteiger partial charge is 0.481 e. The van der Waals surface area contributed by atoms with Gasteiger partial charge in [0.15, 0.2) is 0 Å². The number of aliphatic carboxylic acids is 1. The third kappa shape index (κ3) is 1.51. The van der Waals surface area contributed by atoms with Crippen LogP contribution in [-0.4, -0.2) is 16.1 Å². The van der Waals surface area contributed by atoms with Gasteiger partial charge in [-0.2, -0.15) is 0 Å². The van der Waals surface area contributed by atoms with E-state index >= 15 is 0 Å². The molecule has 0 aromatic carbocycles. The predicted octanol–water partition coefficient (Wildman–Crippen LogP) is 2.71. The van der Waals surface area contributed by atoms with Gasteiger partial charge >= 0.3 is 5.97 Å². The number of carboxylic acid groups (broad SMARTS) is 1. The fourth-order valence-corrected chi connectivity index (χ4v) is 2.44. The van der Waals surface area contributed by atoms with Crippen LogP contribution >= 0.6 is 0 Å². The second-order valence-corrected chi connectivity index (χ2v) is 4.86. The maximum atomic E-state index is 11.5. The van der Waals surface area contributed by atoms with Gasteiger partial charge in [-0.15, -0.1) is 0 Å². The number of hydrogen-bond acceptors (Lipinski definition) is 2. The lowest BCUT2D eigenvalue weighted by atomic mass is 9.63. The molecule has 0 aliphatic heterocycles. The van der Waals surface area contributed by atoms with Crippen LogP contribution in [0.25, 0.3) is 0 Å². The molecule has 0 bridgehead atoms. The lowest BCUT2D eigenvalue weighted by Crippen LogP contribution is -2.43. The van der Waals surface area contributed by atoms with E-state index in [4.69, 9.17) is 0 Å². The predicted molar refractivity (Wildman–Crippen MR) is 61.5 cm³/mol. The molecule has 16 heavy (non-hydrogen) atoms. The average Bonchev–Trinajstić information content (AvgIpc) is 2.15. The zero-order valence-electron chi connectivity index (χ0n) is 9.73.